The van der Waals surface area contributed by atoms with Gasteiger partial charge in [-0.05, 0) is 37.1 Å². The Labute approximate surface area is 137 Å². The molecule has 6 heteroatoms. The molecule has 1 atom stereocenters. The van der Waals surface area contributed by atoms with E-state index >= 15 is 0 Å². The minimum atomic E-state index is -0.0627. The van der Waals surface area contributed by atoms with E-state index in [-0.39, 0.29) is 12.0 Å². The summed E-state index contributed by atoms with van der Waals surface area (Å²) in [6.45, 7) is 1.31. The van der Waals surface area contributed by atoms with Crippen LogP contribution in [0, 0.1) is 0 Å². The summed E-state index contributed by atoms with van der Waals surface area (Å²) in [7, 11) is 0. The van der Waals surface area contributed by atoms with Gasteiger partial charge in [-0.3, -0.25) is 4.79 Å². The standard InChI is InChI=1S/C16H16BrN3O2/c17-13-5-1-4-12(10-13)15(21)20-9-2-6-14(11-20)22-16-18-7-3-8-19-16/h1,3-5,7-8,10,14H,2,6,9,11H2. The molecule has 0 N–H and O–H groups in total. The van der Waals surface area contributed by atoms with Gasteiger partial charge in [0.2, 0.25) is 0 Å². The number of hydrogen-bond acceptors (Lipinski definition) is 4. The molecule has 1 amide bonds. The number of halogens is 1. The predicted molar refractivity (Wildman–Crippen MR) is 85.7 cm³/mol. The molecule has 1 saturated heterocycles. The summed E-state index contributed by atoms with van der Waals surface area (Å²) >= 11 is 3.40. The van der Waals surface area contributed by atoms with E-state index in [2.05, 4.69) is 25.9 Å². The van der Waals surface area contributed by atoms with Crippen LogP contribution in [0.2, 0.25) is 0 Å². The first-order valence-corrected chi connectivity index (χ1v) is 8.00. The molecule has 5 nitrogen and oxygen atoms in total. The number of carbonyl (C=O) groups is 1. The molecule has 0 bridgehead atoms. The molecule has 2 heterocycles. The Morgan fingerprint density at radius 3 is 2.86 bits per heavy atom. The molecule has 1 fully saturated rings. The first-order chi connectivity index (χ1) is 10.7. The molecular weight excluding hydrogens is 346 g/mol. The lowest BCUT2D eigenvalue weighted by Gasteiger charge is -2.32. The van der Waals surface area contributed by atoms with Gasteiger partial charge in [-0.15, -0.1) is 0 Å². The van der Waals surface area contributed by atoms with E-state index in [9.17, 15) is 4.79 Å². The number of nitrogens with zero attached hydrogens (tertiary/aromatic N) is 3. The number of hydrogen-bond donors (Lipinski definition) is 0. The lowest BCUT2D eigenvalue weighted by atomic mass is 10.1. The molecule has 0 aliphatic carbocycles. The van der Waals surface area contributed by atoms with Crippen molar-refractivity contribution in [1.82, 2.24) is 14.9 Å². The molecule has 3 rings (SSSR count). The summed E-state index contributed by atoms with van der Waals surface area (Å²) in [5, 5.41) is 0. The number of piperidine rings is 1. The third kappa shape index (κ3) is 3.62. The quantitative estimate of drug-likeness (QED) is 0.843. The Kier molecular flexibility index (Phi) is 4.68. The van der Waals surface area contributed by atoms with Crippen LogP contribution in [0.4, 0.5) is 0 Å². The Morgan fingerprint density at radius 2 is 2.09 bits per heavy atom. The van der Waals surface area contributed by atoms with Crippen molar-refractivity contribution in [3.8, 4) is 6.01 Å². The van der Waals surface area contributed by atoms with Gasteiger partial charge in [0, 0.05) is 29.0 Å². The number of ether oxygens (including phenoxy) is 1. The monoisotopic (exact) mass is 361 g/mol. The molecule has 0 saturated carbocycles. The van der Waals surface area contributed by atoms with Crippen LogP contribution in [0.5, 0.6) is 6.01 Å². The second-order valence-electron chi connectivity index (χ2n) is 5.17. The summed E-state index contributed by atoms with van der Waals surface area (Å²) in [6.07, 6.45) is 5.05. The molecule has 1 aliphatic heterocycles. The van der Waals surface area contributed by atoms with Crippen LogP contribution in [-0.4, -0.2) is 40.0 Å². The molecule has 1 aromatic heterocycles. The zero-order valence-corrected chi connectivity index (χ0v) is 13.6. The summed E-state index contributed by atoms with van der Waals surface area (Å²) < 4.78 is 6.67. The van der Waals surface area contributed by atoms with Crippen LogP contribution in [0.15, 0.2) is 47.2 Å². The number of rotatable bonds is 3. The van der Waals surface area contributed by atoms with Gasteiger partial charge in [-0.25, -0.2) is 9.97 Å². The van der Waals surface area contributed by atoms with Crippen LogP contribution in [0.3, 0.4) is 0 Å². The first kappa shape index (κ1) is 15.0. The highest BCUT2D eigenvalue weighted by atomic mass is 79.9. The molecule has 22 heavy (non-hydrogen) atoms. The van der Waals surface area contributed by atoms with Crippen LogP contribution in [-0.2, 0) is 0 Å². The van der Waals surface area contributed by atoms with E-state index < -0.39 is 0 Å². The van der Waals surface area contributed by atoms with Crippen molar-refractivity contribution >= 4 is 21.8 Å². The van der Waals surface area contributed by atoms with E-state index in [0.717, 1.165) is 23.9 Å². The number of amides is 1. The Morgan fingerprint density at radius 1 is 1.27 bits per heavy atom. The van der Waals surface area contributed by atoms with Gasteiger partial charge in [0.1, 0.15) is 6.10 Å². The van der Waals surface area contributed by atoms with E-state index in [0.29, 0.717) is 18.1 Å². The van der Waals surface area contributed by atoms with Crippen LogP contribution in [0.1, 0.15) is 23.2 Å². The first-order valence-electron chi connectivity index (χ1n) is 7.21. The van der Waals surface area contributed by atoms with Gasteiger partial charge in [0.15, 0.2) is 0 Å². The highest BCUT2D eigenvalue weighted by Gasteiger charge is 2.26. The Balaban J connectivity index is 1.66. The highest BCUT2D eigenvalue weighted by molar-refractivity contribution is 9.10. The lowest BCUT2D eigenvalue weighted by molar-refractivity contribution is 0.0515. The average Bonchev–Trinajstić information content (AvgIpc) is 2.55. The van der Waals surface area contributed by atoms with Crippen molar-refractivity contribution in [2.75, 3.05) is 13.1 Å². The van der Waals surface area contributed by atoms with Gasteiger partial charge in [-0.1, -0.05) is 22.0 Å². The average molecular weight is 362 g/mol. The van der Waals surface area contributed by atoms with Gasteiger partial charge < -0.3 is 9.64 Å². The zero-order chi connectivity index (χ0) is 15.4. The van der Waals surface area contributed by atoms with E-state index in [1.54, 1.807) is 18.5 Å². The Bertz CT molecular complexity index is 651. The largest absolute Gasteiger partial charge is 0.458 e. The molecular formula is C16H16BrN3O2. The molecule has 1 unspecified atom stereocenters. The van der Waals surface area contributed by atoms with E-state index in [1.165, 1.54) is 0 Å². The van der Waals surface area contributed by atoms with Crippen molar-refractivity contribution in [1.29, 1.82) is 0 Å². The summed E-state index contributed by atoms with van der Waals surface area (Å²) in [5.74, 6) is 0.0311. The maximum Gasteiger partial charge on any atom is 0.316 e. The number of benzene rings is 1. The smallest absolute Gasteiger partial charge is 0.316 e. The fraction of sp³-hybridized carbons (Fsp3) is 0.312. The molecule has 0 spiro atoms. The summed E-state index contributed by atoms with van der Waals surface area (Å²) in [4.78, 5) is 22.5. The third-order valence-electron chi connectivity index (χ3n) is 3.55. The van der Waals surface area contributed by atoms with E-state index in [1.807, 2.05) is 29.2 Å². The van der Waals surface area contributed by atoms with Gasteiger partial charge in [-0.2, -0.15) is 0 Å². The third-order valence-corrected chi connectivity index (χ3v) is 4.04. The maximum absolute atomic E-state index is 12.6. The van der Waals surface area contributed by atoms with Crippen molar-refractivity contribution in [2.45, 2.75) is 18.9 Å². The van der Waals surface area contributed by atoms with Crippen molar-refractivity contribution < 1.29 is 9.53 Å². The summed E-state index contributed by atoms with van der Waals surface area (Å²) in [6, 6.07) is 9.56. The lowest BCUT2D eigenvalue weighted by Crippen LogP contribution is -2.44. The van der Waals surface area contributed by atoms with Crippen molar-refractivity contribution in [3.05, 3.63) is 52.8 Å². The second kappa shape index (κ2) is 6.87. The zero-order valence-electron chi connectivity index (χ0n) is 12.0. The minimum Gasteiger partial charge on any atom is -0.458 e. The predicted octanol–water partition coefficient (Wildman–Crippen LogP) is 2.92. The van der Waals surface area contributed by atoms with Crippen molar-refractivity contribution in [2.24, 2.45) is 0 Å². The van der Waals surface area contributed by atoms with E-state index in [4.69, 9.17) is 4.74 Å². The molecule has 0 radical (unpaired) electrons. The van der Waals surface area contributed by atoms with Crippen LogP contribution >= 0.6 is 15.9 Å². The molecule has 1 aromatic carbocycles. The minimum absolute atomic E-state index is 0.0311. The topological polar surface area (TPSA) is 55.3 Å². The van der Waals surface area contributed by atoms with Crippen LogP contribution < -0.4 is 4.74 Å². The second-order valence-corrected chi connectivity index (χ2v) is 6.09. The Hall–Kier alpha value is -1.95. The highest BCUT2D eigenvalue weighted by Crippen LogP contribution is 2.19. The SMILES string of the molecule is O=C(c1cccc(Br)c1)N1CCCC(Oc2ncccn2)C1. The number of aromatic nitrogens is 2. The normalized spacial score (nSPS) is 18.0. The van der Waals surface area contributed by atoms with Gasteiger partial charge in [0.05, 0.1) is 6.54 Å². The maximum atomic E-state index is 12.6. The molecule has 2 aromatic rings. The number of carbonyl (C=O) groups excluding carboxylic acids is 1. The molecule has 114 valence electrons. The summed E-state index contributed by atoms with van der Waals surface area (Å²) in [5.41, 5.74) is 0.686. The van der Waals surface area contributed by atoms with Crippen LogP contribution in [0.25, 0.3) is 0 Å². The van der Waals surface area contributed by atoms with Gasteiger partial charge in [0.25, 0.3) is 5.91 Å². The van der Waals surface area contributed by atoms with Crippen molar-refractivity contribution in [3.63, 3.8) is 0 Å². The number of likely N-dealkylation sites (tertiary alicyclic amines) is 1. The van der Waals surface area contributed by atoms with Gasteiger partial charge >= 0.3 is 6.01 Å². The fourth-order valence-corrected chi connectivity index (χ4v) is 2.92. The molecule has 1 aliphatic rings. The fourth-order valence-electron chi connectivity index (χ4n) is 2.52.